The van der Waals surface area contributed by atoms with E-state index in [1.54, 1.807) is 0 Å². The van der Waals surface area contributed by atoms with Crippen molar-refractivity contribution in [1.82, 2.24) is 0 Å². The monoisotopic (exact) mass is 1240 g/mol. The van der Waals surface area contributed by atoms with E-state index in [0.29, 0.717) is 33.0 Å². The third-order valence-electron chi connectivity index (χ3n) is 20.1. The van der Waals surface area contributed by atoms with Crippen molar-refractivity contribution in [2.75, 3.05) is 11.4 Å². The Kier molecular flexibility index (Phi) is 25.8. The van der Waals surface area contributed by atoms with Gasteiger partial charge in [-0.05, 0) is 238 Å². The van der Waals surface area contributed by atoms with E-state index in [1.165, 1.54) is 143 Å². The molecule has 0 fully saturated rings. The van der Waals surface area contributed by atoms with Crippen molar-refractivity contribution in [3.05, 3.63) is 48.5 Å². The summed E-state index contributed by atoms with van der Waals surface area (Å²) in [5.41, 5.74) is 7.54. The quantitative estimate of drug-likeness (QED) is 0.0663. The van der Waals surface area contributed by atoms with Crippen LogP contribution in [0.1, 0.15) is 371 Å². The second-order valence-electron chi connectivity index (χ2n) is 45.6. The summed E-state index contributed by atoms with van der Waals surface area (Å²) in [4.78, 5) is 5.34. The molecule has 0 saturated carbocycles. The van der Waals surface area contributed by atoms with Crippen LogP contribution in [0.4, 0.5) is 11.4 Å². The Balaban J connectivity index is 1.54. The standard InChI is InChI=1S/C86H157NS/c1-65(46-48-87-66-41-37-39-43-68(66)88-69-44-40-38-42-67(69)87)45-47-71(5,6)50-73(9,10)52-75(13,14)54-77(17,18)56-79(21,22)58-81(25,26)60-83(29,30)62-85(33,34)64-86(35,36)63-84(31,32)61-82(27,28)59-80(23,24)57-78(19,20)55-76(15,16)53-74(11,12)51-72(7,8)49-70(2,3)4/h37-44,65H,45-64H2,1-36H3. The van der Waals surface area contributed by atoms with Crippen molar-refractivity contribution in [2.24, 2.45) is 98.0 Å². The summed E-state index contributed by atoms with van der Waals surface area (Å²) in [6.07, 6.45) is 24.1. The maximum atomic E-state index is 2.61. The lowest BCUT2D eigenvalue weighted by Gasteiger charge is -2.48. The van der Waals surface area contributed by atoms with Crippen LogP contribution in [0.15, 0.2) is 58.3 Å². The summed E-state index contributed by atoms with van der Waals surface area (Å²) < 4.78 is 0. The number of benzene rings is 2. The van der Waals surface area contributed by atoms with Crippen LogP contribution in [-0.4, -0.2) is 6.54 Å². The molecule has 0 aromatic heterocycles. The van der Waals surface area contributed by atoms with Crippen LogP contribution < -0.4 is 4.90 Å². The first-order valence-corrected chi connectivity index (χ1v) is 37.2. The molecule has 1 atom stereocenters. The highest BCUT2D eigenvalue weighted by Crippen LogP contribution is 2.58. The number of fused-ring (bicyclic) bond motifs is 2. The number of para-hydroxylation sites is 2. The molecule has 0 amide bonds. The lowest BCUT2D eigenvalue weighted by molar-refractivity contribution is 0.0284. The van der Waals surface area contributed by atoms with Gasteiger partial charge in [-0.15, -0.1) is 0 Å². The van der Waals surface area contributed by atoms with E-state index in [9.17, 15) is 0 Å². The van der Waals surface area contributed by atoms with E-state index in [-0.39, 0.29) is 65.0 Å². The normalized spacial score (nSPS) is 16.1. The van der Waals surface area contributed by atoms with Gasteiger partial charge in [-0.2, -0.15) is 0 Å². The molecule has 1 nitrogen and oxygen atoms in total. The molecule has 1 unspecified atom stereocenters. The van der Waals surface area contributed by atoms with Gasteiger partial charge in [-0.1, -0.05) is 292 Å². The fourth-order valence-electron chi connectivity index (χ4n) is 25.0. The number of hydrogen-bond donors (Lipinski definition) is 0. The van der Waals surface area contributed by atoms with E-state index in [1.807, 2.05) is 11.8 Å². The van der Waals surface area contributed by atoms with Crippen LogP contribution in [0.2, 0.25) is 0 Å². The fourth-order valence-corrected chi connectivity index (χ4v) is 26.1. The summed E-state index contributed by atoms with van der Waals surface area (Å²) in [6, 6.07) is 18.0. The van der Waals surface area contributed by atoms with Gasteiger partial charge in [0.15, 0.2) is 0 Å². The highest BCUT2D eigenvalue weighted by atomic mass is 32.2. The first kappa shape index (κ1) is 80.8. The van der Waals surface area contributed by atoms with E-state index >= 15 is 0 Å². The number of hydrogen-bond acceptors (Lipinski definition) is 2. The number of anilines is 2. The first-order valence-electron chi connectivity index (χ1n) is 36.4. The second kappa shape index (κ2) is 28.1. The Morgan fingerprint density at radius 1 is 0.261 bits per heavy atom. The predicted octanol–water partition coefficient (Wildman–Crippen LogP) is 29.8. The van der Waals surface area contributed by atoms with Crippen LogP contribution >= 0.6 is 11.8 Å². The zero-order valence-electron chi connectivity index (χ0n) is 66.7. The zero-order chi connectivity index (χ0) is 68.5. The Labute approximate surface area is 558 Å². The van der Waals surface area contributed by atoms with Crippen molar-refractivity contribution in [3.63, 3.8) is 0 Å². The Morgan fingerprint density at radius 3 is 0.670 bits per heavy atom. The molecule has 512 valence electrons. The third kappa shape index (κ3) is 30.3. The van der Waals surface area contributed by atoms with Crippen LogP contribution in [0.3, 0.4) is 0 Å². The molecule has 0 spiro atoms. The molecule has 2 heteroatoms. The van der Waals surface area contributed by atoms with Crippen molar-refractivity contribution in [2.45, 2.75) is 381 Å². The van der Waals surface area contributed by atoms with Crippen molar-refractivity contribution in [3.8, 4) is 0 Å². The molecule has 0 radical (unpaired) electrons. The largest absolute Gasteiger partial charge is 0.340 e. The summed E-state index contributed by atoms with van der Waals surface area (Å²) in [5.74, 6) is 0.685. The molecule has 1 aliphatic rings. The summed E-state index contributed by atoms with van der Waals surface area (Å²) >= 11 is 1.92. The molecular formula is C86H157NS. The lowest BCUT2D eigenvalue weighted by Crippen LogP contribution is -2.37. The average Bonchev–Trinajstić information content (AvgIpc) is 3.16. The van der Waals surface area contributed by atoms with Crippen molar-refractivity contribution < 1.29 is 0 Å². The SMILES string of the molecule is CC(CCN1c2ccccc2Sc2ccccc21)CCC(C)(C)CC(C)(C)CC(C)(C)CC(C)(C)CC(C)(C)CC(C)(C)CC(C)(C)CC(C)(C)CC(C)(C)CC(C)(C)CC(C)(C)CC(C)(C)CC(C)(C)CC(C)(C)CC(C)(C)CC(C)(C)CC(C)(C)C. The van der Waals surface area contributed by atoms with E-state index in [2.05, 4.69) is 303 Å². The van der Waals surface area contributed by atoms with Crippen LogP contribution in [0.25, 0.3) is 0 Å². The van der Waals surface area contributed by atoms with E-state index in [4.69, 9.17) is 0 Å². The molecule has 2 aromatic carbocycles. The summed E-state index contributed by atoms with van der Waals surface area (Å²) in [6.45, 7) is 93.5. The molecule has 2 aromatic rings. The highest BCUT2D eigenvalue weighted by molar-refractivity contribution is 7.99. The zero-order valence-corrected chi connectivity index (χ0v) is 67.5. The van der Waals surface area contributed by atoms with Gasteiger partial charge in [0.25, 0.3) is 0 Å². The van der Waals surface area contributed by atoms with Gasteiger partial charge < -0.3 is 4.90 Å². The van der Waals surface area contributed by atoms with Gasteiger partial charge in [0.2, 0.25) is 0 Å². The van der Waals surface area contributed by atoms with Gasteiger partial charge >= 0.3 is 0 Å². The highest BCUT2D eigenvalue weighted by Gasteiger charge is 2.46. The topological polar surface area (TPSA) is 3.24 Å². The Bertz CT molecular complexity index is 2430. The van der Waals surface area contributed by atoms with Crippen LogP contribution in [-0.2, 0) is 0 Å². The van der Waals surface area contributed by atoms with E-state index in [0.717, 1.165) is 6.54 Å². The maximum Gasteiger partial charge on any atom is 0.0552 e. The lowest BCUT2D eigenvalue weighted by atomic mass is 9.57. The minimum atomic E-state index is 0.256. The molecule has 1 heterocycles. The molecule has 1 aliphatic heterocycles. The minimum absolute atomic E-state index is 0.256. The van der Waals surface area contributed by atoms with Crippen molar-refractivity contribution >= 4 is 23.1 Å². The molecule has 0 saturated heterocycles. The molecular weight excluding hydrogens is 1080 g/mol. The van der Waals surface area contributed by atoms with Crippen molar-refractivity contribution in [1.29, 1.82) is 0 Å². The van der Waals surface area contributed by atoms with E-state index < -0.39 is 0 Å². The van der Waals surface area contributed by atoms with Gasteiger partial charge in [0.1, 0.15) is 0 Å². The molecule has 0 bridgehead atoms. The van der Waals surface area contributed by atoms with Crippen LogP contribution in [0, 0.1) is 98.0 Å². The smallest absolute Gasteiger partial charge is 0.0552 e. The minimum Gasteiger partial charge on any atom is -0.340 e. The Morgan fingerprint density at radius 2 is 0.455 bits per heavy atom. The third-order valence-corrected chi connectivity index (χ3v) is 21.2. The summed E-state index contributed by atoms with van der Waals surface area (Å²) in [5, 5.41) is 0. The molecule has 3 rings (SSSR count). The molecule has 0 aliphatic carbocycles. The molecule has 0 N–H and O–H groups in total. The van der Waals surface area contributed by atoms with Gasteiger partial charge in [-0.25, -0.2) is 0 Å². The molecule has 88 heavy (non-hydrogen) atoms. The predicted molar refractivity (Wildman–Crippen MR) is 401 cm³/mol. The first-order chi connectivity index (χ1) is 38.8. The number of rotatable bonds is 37. The average molecular weight is 1240 g/mol. The second-order valence-corrected chi connectivity index (χ2v) is 46.7. The van der Waals surface area contributed by atoms with Gasteiger partial charge in [0.05, 0.1) is 11.4 Å². The van der Waals surface area contributed by atoms with Gasteiger partial charge in [-0.3, -0.25) is 0 Å². The van der Waals surface area contributed by atoms with Gasteiger partial charge in [0, 0.05) is 16.3 Å². The van der Waals surface area contributed by atoms with Crippen LogP contribution in [0.5, 0.6) is 0 Å². The Hall–Kier alpha value is -1.41. The fraction of sp³-hybridized carbons (Fsp3) is 0.860. The maximum absolute atomic E-state index is 2.61. The summed E-state index contributed by atoms with van der Waals surface area (Å²) in [7, 11) is 0. The number of nitrogens with zero attached hydrogens (tertiary/aromatic N) is 1.